The zero-order valence-electron chi connectivity index (χ0n) is 22.8. The number of fused-ring (bicyclic) bond motifs is 10. The first kappa shape index (κ1) is 23.5. The number of hydrogen-bond donors (Lipinski definition) is 0. The van der Waals surface area contributed by atoms with E-state index >= 15 is 0 Å². The highest BCUT2D eigenvalue weighted by atomic mass is 32.1. The molecule has 0 N–H and O–H groups in total. The molecule has 1 nitrogen and oxygen atoms in total. The molecule has 0 saturated carbocycles. The molecule has 0 unspecified atom stereocenters. The molecule has 0 aliphatic heterocycles. The molecule has 196 valence electrons. The van der Waals surface area contributed by atoms with Crippen molar-refractivity contribution >= 4 is 91.7 Å². The summed E-state index contributed by atoms with van der Waals surface area (Å²) < 4.78 is 2.68. The van der Waals surface area contributed by atoms with Crippen molar-refractivity contribution in [2.24, 2.45) is 0 Å². The van der Waals surface area contributed by atoms with Crippen LogP contribution in [-0.2, 0) is 0 Å². The van der Waals surface area contributed by atoms with Crippen molar-refractivity contribution in [3.8, 4) is 0 Å². The maximum atomic E-state index is 2.46. The lowest BCUT2D eigenvalue weighted by Gasteiger charge is -2.28. The molecule has 2 heteroatoms. The van der Waals surface area contributed by atoms with Crippen LogP contribution < -0.4 is 4.90 Å². The van der Waals surface area contributed by atoms with Crippen LogP contribution in [0, 0.1) is 0 Å². The van der Waals surface area contributed by atoms with Crippen molar-refractivity contribution in [1.82, 2.24) is 0 Å². The molecule has 0 amide bonds. The number of benzene rings is 8. The number of thiophene rings is 1. The summed E-state index contributed by atoms with van der Waals surface area (Å²) in [6.07, 6.45) is 0. The van der Waals surface area contributed by atoms with E-state index in [2.05, 4.69) is 157 Å². The molecule has 0 aliphatic carbocycles. The van der Waals surface area contributed by atoms with Crippen LogP contribution in [0.5, 0.6) is 0 Å². The van der Waals surface area contributed by atoms with Gasteiger partial charge in [0.05, 0.1) is 11.4 Å². The van der Waals surface area contributed by atoms with Gasteiger partial charge in [-0.1, -0.05) is 121 Å². The highest BCUT2D eigenvalue weighted by Gasteiger charge is 2.20. The molecule has 8 aromatic carbocycles. The van der Waals surface area contributed by atoms with E-state index in [9.17, 15) is 0 Å². The normalized spacial score (nSPS) is 11.8. The predicted molar refractivity (Wildman–Crippen MR) is 184 cm³/mol. The Bertz CT molecular complexity index is 2470. The van der Waals surface area contributed by atoms with Gasteiger partial charge in [-0.3, -0.25) is 0 Å². The van der Waals surface area contributed by atoms with E-state index in [1.807, 2.05) is 11.3 Å². The zero-order chi connectivity index (χ0) is 27.6. The smallest absolute Gasteiger partial charge is 0.0546 e. The topological polar surface area (TPSA) is 3.24 Å². The fourth-order valence-corrected chi connectivity index (χ4v) is 7.98. The second kappa shape index (κ2) is 9.17. The van der Waals surface area contributed by atoms with Crippen LogP contribution in [0.15, 0.2) is 152 Å². The van der Waals surface area contributed by atoms with Gasteiger partial charge in [-0.2, -0.15) is 0 Å². The summed E-state index contributed by atoms with van der Waals surface area (Å²) in [5, 5.41) is 12.8. The lowest BCUT2D eigenvalue weighted by atomic mass is 9.95. The third-order valence-electron chi connectivity index (χ3n) is 8.62. The third-order valence-corrected chi connectivity index (χ3v) is 9.84. The number of anilines is 3. The van der Waals surface area contributed by atoms with E-state index in [1.54, 1.807) is 0 Å². The Morgan fingerprint density at radius 1 is 0.357 bits per heavy atom. The minimum atomic E-state index is 1.15. The van der Waals surface area contributed by atoms with E-state index in [0.29, 0.717) is 0 Å². The van der Waals surface area contributed by atoms with Gasteiger partial charge in [0.2, 0.25) is 0 Å². The average molecular weight is 552 g/mol. The molecule has 9 rings (SSSR count). The summed E-state index contributed by atoms with van der Waals surface area (Å²) in [6, 6.07) is 55.5. The molecule has 0 spiro atoms. The molecule has 9 aromatic rings. The highest BCUT2D eigenvalue weighted by molar-refractivity contribution is 7.26. The Morgan fingerprint density at radius 3 is 1.90 bits per heavy atom. The van der Waals surface area contributed by atoms with Crippen LogP contribution in [-0.4, -0.2) is 0 Å². The molecular weight excluding hydrogens is 527 g/mol. The molecule has 0 fully saturated rings. The van der Waals surface area contributed by atoms with Crippen molar-refractivity contribution in [3.05, 3.63) is 152 Å². The van der Waals surface area contributed by atoms with Gasteiger partial charge in [-0.15, -0.1) is 11.3 Å². The first-order valence-corrected chi connectivity index (χ1v) is 15.2. The fourth-order valence-electron chi connectivity index (χ4n) is 6.75. The molecule has 0 bridgehead atoms. The average Bonchev–Trinajstić information content (AvgIpc) is 3.44. The van der Waals surface area contributed by atoms with Gasteiger partial charge >= 0.3 is 0 Å². The number of para-hydroxylation sites is 1. The molecule has 0 saturated heterocycles. The Labute approximate surface area is 247 Å². The highest BCUT2D eigenvalue weighted by Crippen LogP contribution is 2.46. The molecular formula is C40H25NS. The van der Waals surface area contributed by atoms with E-state index in [1.165, 1.54) is 74.6 Å². The van der Waals surface area contributed by atoms with E-state index in [0.717, 1.165) is 5.69 Å². The Morgan fingerprint density at radius 2 is 0.976 bits per heavy atom. The Balaban J connectivity index is 1.39. The van der Waals surface area contributed by atoms with Crippen molar-refractivity contribution in [3.63, 3.8) is 0 Å². The monoisotopic (exact) mass is 551 g/mol. The number of nitrogens with zero attached hydrogens (tertiary/aromatic N) is 1. The quantitative estimate of drug-likeness (QED) is 0.197. The molecule has 42 heavy (non-hydrogen) atoms. The molecule has 0 radical (unpaired) electrons. The second-order valence-electron chi connectivity index (χ2n) is 10.9. The van der Waals surface area contributed by atoms with Crippen LogP contribution in [0.3, 0.4) is 0 Å². The van der Waals surface area contributed by atoms with Crippen molar-refractivity contribution in [1.29, 1.82) is 0 Å². The first-order valence-electron chi connectivity index (χ1n) is 14.4. The summed E-state index contributed by atoms with van der Waals surface area (Å²) in [5.74, 6) is 0. The van der Waals surface area contributed by atoms with E-state index in [4.69, 9.17) is 0 Å². The molecule has 0 atom stereocenters. The predicted octanol–water partition coefficient (Wildman–Crippen LogP) is 12.1. The van der Waals surface area contributed by atoms with Gasteiger partial charge in [0.15, 0.2) is 0 Å². The molecule has 1 heterocycles. The standard InChI is InChI=1S/C40H25NS/c1-2-12-28(13-3-1)41(36-17-9-16-34-31(36)24-25-35-32-15-6-7-19-38(32)42-40(34)35)37-18-8-11-27-21-22-30-29-14-5-4-10-26(29)20-23-33(30)39(27)37/h1-25H. The third kappa shape index (κ3) is 3.43. The minimum Gasteiger partial charge on any atom is -0.309 e. The summed E-state index contributed by atoms with van der Waals surface area (Å²) in [6.45, 7) is 0. The SMILES string of the molecule is c1ccc(N(c2cccc3c2ccc2c4ccccc4sc32)c2cccc3ccc4c5ccccc5ccc4c23)cc1. The van der Waals surface area contributed by atoms with Gasteiger partial charge in [0.25, 0.3) is 0 Å². The van der Waals surface area contributed by atoms with E-state index in [-0.39, 0.29) is 0 Å². The Hall–Kier alpha value is -5.18. The molecule has 1 aromatic heterocycles. The van der Waals surface area contributed by atoms with Crippen molar-refractivity contribution < 1.29 is 0 Å². The van der Waals surface area contributed by atoms with Crippen LogP contribution in [0.4, 0.5) is 17.1 Å². The summed E-state index contributed by atoms with van der Waals surface area (Å²) in [4.78, 5) is 2.46. The van der Waals surface area contributed by atoms with Crippen molar-refractivity contribution in [2.75, 3.05) is 4.90 Å². The van der Waals surface area contributed by atoms with Gasteiger partial charge in [0.1, 0.15) is 0 Å². The summed E-state index contributed by atoms with van der Waals surface area (Å²) >= 11 is 1.89. The van der Waals surface area contributed by atoms with E-state index < -0.39 is 0 Å². The lowest BCUT2D eigenvalue weighted by Crippen LogP contribution is -2.11. The maximum Gasteiger partial charge on any atom is 0.0546 e. The largest absolute Gasteiger partial charge is 0.309 e. The maximum absolute atomic E-state index is 2.46. The first-order chi connectivity index (χ1) is 20.8. The van der Waals surface area contributed by atoms with Crippen LogP contribution in [0.1, 0.15) is 0 Å². The van der Waals surface area contributed by atoms with Crippen LogP contribution in [0.2, 0.25) is 0 Å². The molecule has 0 aliphatic rings. The van der Waals surface area contributed by atoms with Crippen molar-refractivity contribution in [2.45, 2.75) is 0 Å². The summed E-state index contributed by atoms with van der Waals surface area (Å²) in [5.41, 5.74) is 3.51. The van der Waals surface area contributed by atoms with Gasteiger partial charge in [-0.05, 0) is 57.3 Å². The Kier molecular flexibility index (Phi) is 5.13. The fraction of sp³-hybridized carbons (Fsp3) is 0. The van der Waals surface area contributed by atoms with Crippen LogP contribution in [0.25, 0.3) is 63.3 Å². The lowest BCUT2D eigenvalue weighted by molar-refractivity contribution is 1.32. The number of hydrogen-bond acceptors (Lipinski definition) is 2. The van der Waals surface area contributed by atoms with Gasteiger partial charge in [-0.25, -0.2) is 0 Å². The van der Waals surface area contributed by atoms with Crippen LogP contribution >= 0.6 is 11.3 Å². The second-order valence-corrected chi connectivity index (χ2v) is 12.0. The zero-order valence-corrected chi connectivity index (χ0v) is 23.6. The van der Waals surface area contributed by atoms with Gasteiger partial charge < -0.3 is 4.90 Å². The number of rotatable bonds is 3. The summed E-state index contributed by atoms with van der Waals surface area (Å²) in [7, 11) is 0. The van der Waals surface area contributed by atoms with Gasteiger partial charge in [0, 0.05) is 42.0 Å². The minimum absolute atomic E-state index is 1.15.